The van der Waals surface area contributed by atoms with Crippen LogP contribution >= 0.6 is 0 Å². The van der Waals surface area contributed by atoms with E-state index in [0.29, 0.717) is 23.4 Å². The Kier molecular flexibility index (Phi) is 3.31. The van der Waals surface area contributed by atoms with Crippen LogP contribution in [-0.2, 0) is 23.8 Å². The van der Waals surface area contributed by atoms with E-state index in [2.05, 4.69) is 15.3 Å². The standard InChI is InChI=1S/C17H13F3N4O/c1-2-14-21-12-5-6-13(17(18,19)20)23-16(12)24(14)10-3-4-11-9(7-10)8-15(25)22-11/h3-7H,2,8H2,1H3,(H,22,25). The summed E-state index contributed by atoms with van der Waals surface area (Å²) in [6.07, 6.45) is -3.74. The Bertz CT molecular complexity index is 1010. The molecule has 4 rings (SSSR count). The molecule has 0 saturated carbocycles. The van der Waals surface area contributed by atoms with Crippen molar-refractivity contribution in [3.05, 3.63) is 47.4 Å². The number of hydrogen-bond acceptors (Lipinski definition) is 3. The van der Waals surface area contributed by atoms with Crippen LogP contribution < -0.4 is 5.32 Å². The Morgan fingerprint density at radius 3 is 2.72 bits per heavy atom. The zero-order valence-electron chi connectivity index (χ0n) is 13.2. The van der Waals surface area contributed by atoms with Gasteiger partial charge in [-0.15, -0.1) is 0 Å². The van der Waals surface area contributed by atoms with Gasteiger partial charge in [0, 0.05) is 17.8 Å². The minimum Gasteiger partial charge on any atom is -0.326 e. The quantitative estimate of drug-likeness (QED) is 0.773. The van der Waals surface area contributed by atoms with Gasteiger partial charge in [0.1, 0.15) is 17.0 Å². The van der Waals surface area contributed by atoms with Crippen molar-refractivity contribution in [1.82, 2.24) is 14.5 Å². The Hall–Kier alpha value is -2.90. The number of nitrogens with zero attached hydrogens (tertiary/aromatic N) is 3. The Morgan fingerprint density at radius 1 is 1.20 bits per heavy atom. The van der Waals surface area contributed by atoms with Crippen molar-refractivity contribution >= 4 is 22.8 Å². The fraction of sp³-hybridized carbons (Fsp3) is 0.235. The topological polar surface area (TPSA) is 59.8 Å². The summed E-state index contributed by atoms with van der Waals surface area (Å²) < 4.78 is 40.7. The number of anilines is 1. The molecule has 1 aromatic carbocycles. The van der Waals surface area contributed by atoms with Crippen LogP contribution in [-0.4, -0.2) is 20.4 Å². The van der Waals surface area contributed by atoms with Crippen LogP contribution in [0.25, 0.3) is 16.9 Å². The molecule has 0 saturated heterocycles. The molecule has 0 atom stereocenters. The predicted molar refractivity (Wildman–Crippen MR) is 85.6 cm³/mol. The number of alkyl halides is 3. The monoisotopic (exact) mass is 346 g/mol. The molecule has 1 N–H and O–H groups in total. The van der Waals surface area contributed by atoms with E-state index in [1.807, 2.05) is 6.92 Å². The number of aryl methyl sites for hydroxylation is 1. The number of carbonyl (C=O) groups excluding carboxylic acids is 1. The van der Waals surface area contributed by atoms with Gasteiger partial charge < -0.3 is 5.32 Å². The number of benzene rings is 1. The summed E-state index contributed by atoms with van der Waals surface area (Å²) >= 11 is 0. The molecular weight excluding hydrogens is 333 g/mol. The van der Waals surface area contributed by atoms with Crippen molar-refractivity contribution in [1.29, 1.82) is 0 Å². The maximum atomic E-state index is 13.0. The normalized spacial score (nSPS) is 14.0. The zero-order chi connectivity index (χ0) is 17.8. The Labute approximate surface area is 140 Å². The first-order valence-electron chi connectivity index (χ1n) is 7.75. The van der Waals surface area contributed by atoms with Crippen LogP contribution in [0.1, 0.15) is 24.0 Å². The minimum absolute atomic E-state index is 0.101. The number of nitrogens with one attached hydrogen (secondary N) is 1. The maximum Gasteiger partial charge on any atom is 0.433 e. The number of halogens is 3. The number of hydrogen-bond donors (Lipinski definition) is 1. The second-order valence-corrected chi connectivity index (χ2v) is 5.82. The number of amides is 1. The second kappa shape index (κ2) is 5.30. The molecule has 0 radical (unpaired) electrons. The molecule has 0 bridgehead atoms. The van der Waals surface area contributed by atoms with Gasteiger partial charge in [-0.2, -0.15) is 13.2 Å². The average Bonchev–Trinajstić information content (AvgIpc) is 3.11. The fourth-order valence-corrected chi connectivity index (χ4v) is 3.03. The van der Waals surface area contributed by atoms with Gasteiger partial charge >= 0.3 is 6.18 Å². The van der Waals surface area contributed by atoms with E-state index in [0.717, 1.165) is 17.3 Å². The van der Waals surface area contributed by atoms with E-state index >= 15 is 0 Å². The summed E-state index contributed by atoms with van der Waals surface area (Å²) in [7, 11) is 0. The molecule has 128 valence electrons. The van der Waals surface area contributed by atoms with Crippen molar-refractivity contribution in [2.45, 2.75) is 25.9 Å². The Morgan fingerprint density at radius 2 is 2.00 bits per heavy atom. The Balaban J connectivity index is 1.94. The van der Waals surface area contributed by atoms with E-state index in [4.69, 9.17) is 0 Å². The molecule has 0 spiro atoms. The highest BCUT2D eigenvalue weighted by Crippen LogP contribution is 2.31. The van der Waals surface area contributed by atoms with Crippen molar-refractivity contribution in [2.24, 2.45) is 0 Å². The van der Waals surface area contributed by atoms with Crippen LogP contribution in [0.3, 0.4) is 0 Å². The number of rotatable bonds is 2. The fourth-order valence-electron chi connectivity index (χ4n) is 3.03. The summed E-state index contributed by atoms with van der Waals surface area (Å²) in [4.78, 5) is 19.7. The van der Waals surface area contributed by atoms with Crippen LogP contribution in [0.4, 0.5) is 18.9 Å². The molecule has 1 aliphatic heterocycles. The smallest absolute Gasteiger partial charge is 0.326 e. The number of aromatic nitrogens is 3. The number of pyridine rings is 1. The molecule has 5 nitrogen and oxygen atoms in total. The lowest BCUT2D eigenvalue weighted by Crippen LogP contribution is -2.09. The molecule has 1 aliphatic rings. The highest BCUT2D eigenvalue weighted by atomic mass is 19.4. The SMILES string of the molecule is CCc1nc2ccc(C(F)(F)F)nc2n1-c1ccc2c(c1)CC(=O)N2. The van der Waals surface area contributed by atoms with Gasteiger partial charge in [0.05, 0.1) is 6.42 Å². The number of imidazole rings is 1. The molecule has 0 aliphatic carbocycles. The second-order valence-electron chi connectivity index (χ2n) is 5.82. The van der Waals surface area contributed by atoms with Crippen LogP contribution in [0.15, 0.2) is 30.3 Å². The average molecular weight is 346 g/mol. The molecular formula is C17H13F3N4O. The van der Waals surface area contributed by atoms with E-state index in [1.165, 1.54) is 6.07 Å². The first-order valence-corrected chi connectivity index (χ1v) is 7.75. The molecule has 8 heteroatoms. The first-order chi connectivity index (χ1) is 11.9. The lowest BCUT2D eigenvalue weighted by atomic mass is 10.1. The van der Waals surface area contributed by atoms with Crippen LogP contribution in [0.2, 0.25) is 0 Å². The van der Waals surface area contributed by atoms with Gasteiger partial charge in [-0.05, 0) is 35.9 Å². The van der Waals surface area contributed by atoms with Gasteiger partial charge in [0.2, 0.25) is 5.91 Å². The molecule has 0 unspecified atom stereocenters. The van der Waals surface area contributed by atoms with Gasteiger partial charge in [-0.3, -0.25) is 9.36 Å². The molecule has 2 aromatic heterocycles. The summed E-state index contributed by atoms with van der Waals surface area (Å²) in [5, 5.41) is 2.74. The minimum atomic E-state index is -4.52. The lowest BCUT2D eigenvalue weighted by Gasteiger charge is -2.10. The predicted octanol–water partition coefficient (Wildman–Crippen LogP) is 3.50. The van der Waals surface area contributed by atoms with E-state index in [1.54, 1.807) is 22.8 Å². The number of fused-ring (bicyclic) bond motifs is 2. The number of carbonyl (C=O) groups is 1. The molecule has 0 fully saturated rings. The zero-order valence-corrected chi connectivity index (χ0v) is 13.2. The van der Waals surface area contributed by atoms with Gasteiger partial charge in [-0.1, -0.05) is 6.92 Å². The molecule has 25 heavy (non-hydrogen) atoms. The van der Waals surface area contributed by atoms with Crippen molar-refractivity contribution in [3.8, 4) is 5.69 Å². The van der Waals surface area contributed by atoms with Crippen LogP contribution in [0.5, 0.6) is 0 Å². The first kappa shape index (κ1) is 15.6. The van der Waals surface area contributed by atoms with E-state index in [-0.39, 0.29) is 18.0 Å². The highest BCUT2D eigenvalue weighted by Gasteiger charge is 2.33. The molecule has 3 aromatic rings. The van der Waals surface area contributed by atoms with E-state index < -0.39 is 11.9 Å². The summed E-state index contributed by atoms with van der Waals surface area (Å²) in [5.41, 5.74) is 1.77. The lowest BCUT2D eigenvalue weighted by molar-refractivity contribution is -0.141. The third kappa shape index (κ3) is 2.54. The van der Waals surface area contributed by atoms with Crippen LogP contribution in [0, 0.1) is 0 Å². The third-order valence-electron chi connectivity index (χ3n) is 4.15. The largest absolute Gasteiger partial charge is 0.433 e. The van der Waals surface area contributed by atoms with Gasteiger partial charge in [-0.25, -0.2) is 9.97 Å². The highest BCUT2D eigenvalue weighted by molar-refractivity contribution is 5.99. The summed E-state index contributed by atoms with van der Waals surface area (Å²) in [6, 6.07) is 7.54. The van der Waals surface area contributed by atoms with Crippen molar-refractivity contribution in [3.63, 3.8) is 0 Å². The van der Waals surface area contributed by atoms with Gasteiger partial charge in [0.25, 0.3) is 0 Å². The summed E-state index contributed by atoms with van der Waals surface area (Å²) in [6.45, 7) is 1.88. The van der Waals surface area contributed by atoms with Crippen molar-refractivity contribution < 1.29 is 18.0 Å². The summed E-state index contributed by atoms with van der Waals surface area (Å²) in [5.74, 6) is 0.509. The molecule has 1 amide bonds. The molecule has 3 heterocycles. The van der Waals surface area contributed by atoms with Crippen molar-refractivity contribution in [2.75, 3.05) is 5.32 Å². The van der Waals surface area contributed by atoms with Gasteiger partial charge in [0.15, 0.2) is 5.65 Å². The maximum absolute atomic E-state index is 13.0. The van der Waals surface area contributed by atoms with E-state index in [9.17, 15) is 18.0 Å². The third-order valence-corrected chi connectivity index (χ3v) is 4.15.